The SMILES string of the molecule is CN(C(=O)c1ccc([N+](=O)[O-])cc1)c1ccccc1C(N)=O. The van der Waals surface area contributed by atoms with Crippen LogP contribution >= 0.6 is 0 Å². The monoisotopic (exact) mass is 299 g/mol. The van der Waals surface area contributed by atoms with E-state index in [1.165, 1.54) is 42.3 Å². The molecular weight excluding hydrogens is 286 g/mol. The Balaban J connectivity index is 2.33. The molecule has 0 spiro atoms. The van der Waals surface area contributed by atoms with Gasteiger partial charge < -0.3 is 10.6 Å². The Bertz CT molecular complexity index is 741. The molecule has 0 aliphatic heterocycles. The maximum atomic E-state index is 12.4. The lowest BCUT2D eigenvalue weighted by Gasteiger charge is -2.19. The van der Waals surface area contributed by atoms with Crippen LogP contribution in [-0.4, -0.2) is 23.8 Å². The molecule has 0 aromatic heterocycles. The summed E-state index contributed by atoms with van der Waals surface area (Å²) < 4.78 is 0. The summed E-state index contributed by atoms with van der Waals surface area (Å²) in [7, 11) is 1.51. The van der Waals surface area contributed by atoms with Gasteiger partial charge in [0.25, 0.3) is 17.5 Å². The summed E-state index contributed by atoms with van der Waals surface area (Å²) in [4.78, 5) is 35.2. The molecule has 7 heteroatoms. The lowest BCUT2D eigenvalue weighted by atomic mass is 10.1. The zero-order valence-electron chi connectivity index (χ0n) is 11.7. The lowest BCUT2D eigenvalue weighted by molar-refractivity contribution is -0.384. The Hall–Kier alpha value is -3.22. The third-order valence-electron chi connectivity index (χ3n) is 3.16. The predicted molar refractivity (Wildman–Crippen MR) is 80.8 cm³/mol. The van der Waals surface area contributed by atoms with Crippen LogP contribution in [0.3, 0.4) is 0 Å². The van der Waals surface area contributed by atoms with Gasteiger partial charge in [0.05, 0.1) is 16.2 Å². The van der Waals surface area contributed by atoms with Crippen molar-refractivity contribution in [2.24, 2.45) is 5.73 Å². The molecule has 0 radical (unpaired) electrons. The van der Waals surface area contributed by atoms with Crippen molar-refractivity contribution in [3.8, 4) is 0 Å². The summed E-state index contributed by atoms with van der Waals surface area (Å²) >= 11 is 0. The van der Waals surface area contributed by atoms with Gasteiger partial charge in [-0.3, -0.25) is 19.7 Å². The predicted octanol–water partition coefficient (Wildman–Crippen LogP) is 1.97. The van der Waals surface area contributed by atoms with E-state index in [1.807, 2.05) is 0 Å². The van der Waals surface area contributed by atoms with E-state index in [9.17, 15) is 19.7 Å². The molecule has 0 saturated carbocycles. The van der Waals surface area contributed by atoms with E-state index in [2.05, 4.69) is 0 Å². The number of hydrogen-bond acceptors (Lipinski definition) is 4. The molecule has 2 N–H and O–H groups in total. The average Bonchev–Trinajstić information content (AvgIpc) is 2.53. The highest BCUT2D eigenvalue weighted by Gasteiger charge is 2.19. The van der Waals surface area contributed by atoms with Gasteiger partial charge in [-0.05, 0) is 24.3 Å². The average molecular weight is 299 g/mol. The number of anilines is 1. The Morgan fingerprint density at radius 3 is 2.23 bits per heavy atom. The Morgan fingerprint density at radius 2 is 1.68 bits per heavy atom. The van der Waals surface area contributed by atoms with Crippen molar-refractivity contribution in [1.29, 1.82) is 0 Å². The Kier molecular flexibility index (Phi) is 4.17. The number of primary amides is 1. The van der Waals surface area contributed by atoms with E-state index in [1.54, 1.807) is 18.2 Å². The first-order valence-corrected chi connectivity index (χ1v) is 6.33. The van der Waals surface area contributed by atoms with E-state index >= 15 is 0 Å². The maximum Gasteiger partial charge on any atom is 0.269 e. The van der Waals surface area contributed by atoms with E-state index < -0.39 is 16.7 Å². The van der Waals surface area contributed by atoms with Gasteiger partial charge in [-0.15, -0.1) is 0 Å². The fraction of sp³-hybridized carbons (Fsp3) is 0.0667. The maximum absolute atomic E-state index is 12.4. The van der Waals surface area contributed by atoms with Crippen LogP contribution in [-0.2, 0) is 0 Å². The number of rotatable bonds is 4. The molecule has 0 bridgehead atoms. The van der Waals surface area contributed by atoms with Crippen molar-refractivity contribution in [1.82, 2.24) is 0 Å². The van der Waals surface area contributed by atoms with E-state index in [-0.39, 0.29) is 16.8 Å². The van der Waals surface area contributed by atoms with E-state index in [4.69, 9.17) is 5.73 Å². The second-order valence-corrected chi connectivity index (χ2v) is 4.55. The van der Waals surface area contributed by atoms with Gasteiger partial charge in [0.2, 0.25) is 0 Å². The molecule has 2 rings (SSSR count). The minimum atomic E-state index is -0.640. The van der Waals surface area contributed by atoms with Gasteiger partial charge >= 0.3 is 0 Å². The highest BCUT2D eigenvalue weighted by atomic mass is 16.6. The minimum Gasteiger partial charge on any atom is -0.366 e. The number of nitro groups is 1. The fourth-order valence-corrected chi connectivity index (χ4v) is 2.00. The van der Waals surface area contributed by atoms with Crippen LogP contribution in [0.5, 0.6) is 0 Å². The van der Waals surface area contributed by atoms with Gasteiger partial charge in [0, 0.05) is 24.7 Å². The molecule has 0 fully saturated rings. The Morgan fingerprint density at radius 1 is 1.09 bits per heavy atom. The van der Waals surface area contributed by atoms with Gasteiger partial charge in [0.1, 0.15) is 0 Å². The fourth-order valence-electron chi connectivity index (χ4n) is 2.00. The first kappa shape index (κ1) is 15.2. The summed E-state index contributed by atoms with van der Waals surface area (Å²) in [5.41, 5.74) is 6.06. The normalized spacial score (nSPS) is 10.0. The number of amides is 2. The van der Waals surface area contributed by atoms with Crippen LogP contribution in [0.2, 0.25) is 0 Å². The second kappa shape index (κ2) is 6.04. The zero-order chi connectivity index (χ0) is 16.3. The standard InChI is InChI=1S/C15H13N3O4/c1-17(13-5-3-2-4-12(13)14(16)19)15(20)10-6-8-11(9-7-10)18(21)22/h2-9H,1H3,(H2,16,19). The minimum absolute atomic E-state index is 0.100. The van der Waals surface area contributed by atoms with Gasteiger partial charge in [-0.25, -0.2) is 0 Å². The van der Waals surface area contributed by atoms with Crippen molar-refractivity contribution in [2.75, 3.05) is 11.9 Å². The lowest BCUT2D eigenvalue weighted by Crippen LogP contribution is -2.28. The van der Waals surface area contributed by atoms with Crippen LogP contribution in [0.4, 0.5) is 11.4 Å². The van der Waals surface area contributed by atoms with Crippen molar-refractivity contribution < 1.29 is 14.5 Å². The largest absolute Gasteiger partial charge is 0.366 e. The van der Waals surface area contributed by atoms with Crippen LogP contribution in [0.25, 0.3) is 0 Å². The topological polar surface area (TPSA) is 107 Å². The molecule has 0 heterocycles. The first-order chi connectivity index (χ1) is 10.4. The number of para-hydroxylation sites is 1. The molecule has 0 saturated heterocycles. The van der Waals surface area contributed by atoms with Crippen molar-refractivity contribution >= 4 is 23.2 Å². The molecule has 22 heavy (non-hydrogen) atoms. The number of nitrogens with zero attached hydrogens (tertiary/aromatic N) is 2. The summed E-state index contributed by atoms with van der Waals surface area (Å²) in [5, 5.41) is 10.6. The molecule has 0 aliphatic carbocycles. The highest BCUT2D eigenvalue weighted by molar-refractivity contribution is 6.09. The molecule has 0 atom stereocenters. The van der Waals surface area contributed by atoms with Crippen LogP contribution in [0.15, 0.2) is 48.5 Å². The van der Waals surface area contributed by atoms with Gasteiger partial charge in [0.15, 0.2) is 0 Å². The van der Waals surface area contributed by atoms with Gasteiger partial charge in [-0.2, -0.15) is 0 Å². The van der Waals surface area contributed by atoms with Crippen molar-refractivity contribution in [2.45, 2.75) is 0 Å². The highest BCUT2D eigenvalue weighted by Crippen LogP contribution is 2.21. The molecule has 2 amide bonds. The molecule has 2 aromatic carbocycles. The number of benzene rings is 2. The van der Waals surface area contributed by atoms with Crippen LogP contribution in [0, 0.1) is 10.1 Å². The smallest absolute Gasteiger partial charge is 0.269 e. The molecule has 112 valence electrons. The van der Waals surface area contributed by atoms with Crippen molar-refractivity contribution in [3.63, 3.8) is 0 Å². The number of hydrogen-bond donors (Lipinski definition) is 1. The molecular formula is C15H13N3O4. The quantitative estimate of drug-likeness (QED) is 0.688. The number of nitrogens with two attached hydrogens (primary N) is 1. The third-order valence-corrected chi connectivity index (χ3v) is 3.16. The summed E-state index contributed by atoms with van der Waals surface area (Å²) in [5.74, 6) is -1.04. The summed E-state index contributed by atoms with van der Waals surface area (Å²) in [6.45, 7) is 0. The zero-order valence-corrected chi connectivity index (χ0v) is 11.7. The first-order valence-electron chi connectivity index (χ1n) is 6.33. The van der Waals surface area contributed by atoms with E-state index in [0.717, 1.165) is 0 Å². The second-order valence-electron chi connectivity index (χ2n) is 4.55. The Labute approximate surface area is 126 Å². The number of non-ortho nitro benzene ring substituents is 1. The van der Waals surface area contributed by atoms with E-state index in [0.29, 0.717) is 5.69 Å². The molecule has 0 aliphatic rings. The molecule has 0 unspecified atom stereocenters. The number of carbonyl (C=O) groups is 2. The third kappa shape index (κ3) is 2.93. The summed E-state index contributed by atoms with van der Waals surface area (Å²) in [6.07, 6.45) is 0. The number of carbonyl (C=O) groups excluding carboxylic acids is 2. The van der Waals surface area contributed by atoms with Gasteiger partial charge in [-0.1, -0.05) is 12.1 Å². The molecule has 2 aromatic rings. The van der Waals surface area contributed by atoms with Crippen LogP contribution in [0.1, 0.15) is 20.7 Å². The number of nitro benzene ring substituents is 1. The van der Waals surface area contributed by atoms with Crippen molar-refractivity contribution in [3.05, 3.63) is 69.8 Å². The van der Waals surface area contributed by atoms with Crippen LogP contribution < -0.4 is 10.6 Å². The molecule has 7 nitrogen and oxygen atoms in total. The summed E-state index contributed by atoms with van der Waals surface area (Å²) in [6, 6.07) is 11.7.